The van der Waals surface area contributed by atoms with Crippen molar-refractivity contribution in [1.82, 2.24) is 0 Å². The molecular formula is C24H25NO4. The summed E-state index contributed by atoms with van der Waals surface area (Å²) in [4.78, 5) is 39.6. The Labute approximate surface area is 170 Å². The molecule has 1 heterocycles. The van der Waals surface area contributed by atoms with E-state index in [9.17, 15) is 14.4 Å². The molecule has 0 unspecified atom stereocenters. The van der Waals surface area contributed by atoms with Gasteiger partial charge in [0.15, 0.2) is 6.10 Å². The Morgan fingerprint density at radius 3 is 2.24 bits per heavy atom. The van der Waals surface area contributed by atoms with Crippen LogP contribution in [0.1, 0.15) is 48.5 Å². The molecule has 0 aromatic heterocycles. The second kappa shape index (κ2) is 7.82. The number of imide groups is 1. The third-order valence-corrected chi connectivity index (χ3v) is 5.94. The Bertz CT molecular complexity index is 926. The minimum atomic E-state index is -0.680. The zero-order chi connectivity index (χ0) is 20.5. The largest absolute Gasteiger partial charge is 0.482 e. The number of anilines is 1. The van der Waals surface area contributed by atoms with Crippen LogP contribution in [0.3, 0.4) is 0 Å². The Morgan fingerprint density at radius 2 is 1.62 bits per heavy atom. The van der Waals surface area contributed by atoms with Gasteiger partial charge in [0.1, 0.15) is 5.75 Å². The Balaban J connectivity index is 1.51. The van der Waals surface area contributed by atoms with Crippen molar-refractivity contribution in [2.24, 2.45) is 11.8 Å². The maximum Gasteiger partial charge on any atom is 0.237 e. The van der Waals surface area contributed by atoms with Crippen LogP contribution >= 0.6 is 0 Å². The molecule has 29 heavy (non-hydrogen) atoms. The monoisotopic (exact) mass is 391 g/mol. The summed E-state index contributed by atoms with van der Waals surface area (Å²) in [5, 5.41) is 0. The van der Waals surface area contributed by atoms with Crippen LogP contribution in [0.2, 0.25) is 0 Å². The number of amides is 2. The lowest BCUT2D eigenvalue weighted by Crippen LogP contribution is -2.31. The molecule has 2 fully saturated rings. The minimum absolute atomic E-state index is 0.111. The van der Waals surface area contributed by atoms with Crippen molar-refractivity contribution in [3.63, 3.8) is 0 Å². The SMILES string of the molecule is Cc1ccc(C(=O)[C@H](C)Oc2cccc(N3C(=O)[C@@H]4CCCC[C@H]4C3=O)c2)cc1. The molecular weight excluding hydrogens is 366 g/mol. The predicted molar refractivity (Wildman–Crippen MR) is 110 cm³/mol. The van der Waals surface area contributed by atoms with E-state index in [2.05, 4.69) is 0 Å². The molecule has 3 atom stereocenters. The van der Waals surface area contributed by atoms with Crippen molar-refractivity contribution in [2.75, 3.05) is 4.90 Å². The van der Waals surface area contributed by atoms with E-state index in [1.165, 1.54) is 4.90 Å². The predicted octanol–water partition coefficient (Wildman–Crippen LogP) is 4.32. The zero-order valence-electron chi connectivity index (χ0n) is 16.8. The van der Waals surface area contributed by atoms with E-state index in [1.807, 2.05) is 19.1 Å². The molecule has 5 nitrogen and oxygen atoms in total. The van der Waals surface area contributed by atoms with Gasteiger partial charge in [0, 0.05) is 11.6 Å². The van der Waals surface area contributed by atoms with Crippen LogP contribution < -0.4 is 9.64 Å². The standard InChI is InChI=1S/C24H25NO4/c1-15-10-12-17(13-11-15)22(26)16(2)29-19-7-5-6-18(14-19)25-23(27)20-8-3-4-9-21(20)24(25)28/h5-7,10-14,16,20-21H,3-4,8-9H2,1-2H3/t16-,20+,21+/m0/s1. The van der Waals surface area contributed by atoms with E-state index in [4.69, 9.17) is 4.74 Å². The quantitative estimate of drug-likeness (QED) is 0.562. The highest BCUT2D eigenvalue weighted by Gasteiger charge is 2.48. The fourth-order valence-corrected chi connectivity index (χ4v) is 4.32. The maximum absolute atomic E-state index is 12.8. The van der Waals surface area contributed by atoms with Gasteiger partial charge in [-0.3, -0.25) is 14.4 Å². The Morgan fingerprint density at radius 1 is 1.00 bits per heavy atom. The van der Waals surface area contributed by atoms with Crippen molar-refractivity contribution >= 4 is 23.3 Å². The summed E-state index contributed by atoms with van der Waals surface area (Å²) in [6.07, 6.45) is 2.88. The minimum Gasteiger partial charge on any atom is -0.482 e. The molecule has 0 spiro atoms. The molecule has 2 aliphatic rings. The van der Waals surface area contributed by atoms with Crippen molar-refractivity contribution in [1.29, 1.82) is 0 Å². The zero-order valence-corrected chi connectivity index (χ0v) is 16.8. The third kappa shape index (κ3) is 3.69. The number of hydrogen-bond acceptors (Lipinski definition) is 4. The lowest BCUT2D eigenvalue weighted by atomic mass is 9.81. The summed E-state index contributed by atoms with van der Waals surface area (Å²) in [7, 11) is 0. The normalized spacial score (nSPS) is 22.3. The number of hydrogen-bond donors (Lipinski definition) is 0. The van der Waals surface area contributed by atoms with Crippen molar-refractivity contribution in [3.8, 4) is 5.75 Å². The van der Waals surface area contributed by atoms with Gasteiger partial charge in [-0.1, -0.05) is 48.7 Å². The smallest absolute Gasteiger partial charge is 0.237 e. The maximum atomic E-state index is 12.8. The van der Waals surface area contributed by atoms with E-state index in [0.717, 1.165) is 31.2 Å². The van der Waals surface area contributed by atoms with Crippen molar-refractivity contribution < 1.29 is 19.1 Å². The number of fused-ring (bicyclic) bond motifs is 1. The highest BCUT2D eigenvalue weighted by molar-refractivity contribution is 6.22. The average Bonchev–Trinajstić information content (AvgIpc) is 2.99. The molecule has 2 amide bonds. The van der Waals surface area contributed by atoms with Crippen molar-refractivity contribution in [2.45, 2.75) is 45.6 Å². The number of benzene rings is 2. The van der Waals surface area contributed by atoms with Gasteiger partial charge < -0.3 is 4.74 Å². The van der Waals surface area contributed by atoms with Gasteiger partial charge in [0.05, 0.1) is 17.5 Å². The molecule has 5 heteroatoms. The lowest BCUT2D eigenvalue weighted by Gasteiger charge is -2.19. The van der Waals surface area contributed by atoms with E-state index in [0.29, 0.717) is 17.0 Å². The topological polar surface area (TPSA) is 63.7 Å². The molecule has 1 saturated heterocycles. The fourth-order valence-electron chi connectivity index (χ4n) is 4.32. The average molecular weight is 391 g/mol. The number of aryl methyl sites for hydroxylation is 1. The summed E-state index contributed by atoms with van der Waals surface area (Å²) in [6, 6.07) is 14.3. The van der Waals surface area contributed by atoms with Gasteiger partial charge in [-0.15, -0.1) is 0 Å². The van der Waals surface area contributed by atoms with Crippen LogP contribution in [-0.2, 0) is 9.59 Å². The first-order chi connectivity index (χ1) is 14.0. The molecule has 2 aromatic carbocycles. The van der Waals surface area contributed by atoms with Gasteiger partial charge in [-0.05, 0) is 38.8 Å². The second-order valence-electron chi connectivity index (χ2n) is 8.00. The molecule has 0 N–H and O–H groups in total. The molecule has 0 radical (unpaired) electrons. The van der Waals surface area contributed by atoms with Crippen LogP contribution in [0.25, 0.3) is 0 Å². The van der Waals surface area contributed by atoms with Crippen LogP contribution in [-0.4, -0.2) is 23.7 Å². The summed E-state index contributed by atoms with van der Waals surface area (Å²) < 4.78 is 5.85. The molecule has 2 aromatic rings. The van der Waals surface area contributed by atoms with Crippen LogP contribution in [0, 0.1) is 18.8 Å². The molecule has 1 saturated carbocycles. The highest BCUT2D eigenvalue weighted by Crippen LogP contribution is 2.40. The number of carbonyl (C=O) groups excluding carboxylic acids is 3. The molecule has 0 bridgehead atoms. The second-order valence-corrected chi connectivity index (χ2v) is 8.00. The van der Waals surface area contributed by atoms with E-state index >= 15 is 0 Å². The van der Waals surface area contributed by atoms with Crippen LogP contribution in [0.15, 0.2) is 48.5 Å². The third-order valence-electron chi connectivity index (χ3n) is 5.94. The summed E-state index contributed by atoms with van der Waals surface area (Å²) >= 11 is 0. The van der Waals surface area contributed by atoms with Crippen LogP contribution in [0.4, 0.5) is 5.69 Å². The van der Waals surface area contributed by atoms with Gasteiger partial charge >= 0.3 is 0 Å². The number of ether oxygens (including phenoxy) is 1. The molecule has 1 aliphatic carbocycles. The number of nitrogens with zero attached hydrogens (tertiary/aromatic N) is 1. The Kier molecular flexibility index (Phi) is 5.22. The molecule has 150 valence electrons. The fraction of sp³-hybridized carbons (Fsp3) is 0.375. The van der Waals surface area contributed by atoms with Gasteiger partial charge in [-0.25, -0.2) is 4.90 Å². The van der Waals surface area contributed by atoms with Gasteiger partial charge in [0.2, 0.25) is 17.6 Å². The number of rotatable bonds is 5. The molecule has 1 aliphatic heterocycles. The molecule has 4 rings (SSSR count). The number of carbonyl (C=O) groups is 3. The first-order valence-electron chi connectivity index (χ1n) is 10.2. The number of Topliss-reactive ketones (excluding diaryl/α,β-unsaturated/α-hetero) is 1. The Hall–Kier alpha value is -2.95. The first-order valence-corrected chi connectivity index (χ1v) is 10.2. The van der Waals surface area contributed by atoms with Gasteiger partial charge in [0.25, 0.3) is 0 Å². The van der Waals surface area contributed by atoms with E-state index in [1.54, 1.807) is 43.3 Å². The van der Waals surface area contributed by atoms with Crippen molar-refractivity contribution in [3.05, 3.63) is 59.7 Å². The van der Waals surface area contributed by atoms with E-state index in [-0.39, 0.29) is 29.4 Å². The summed E-state index contributed by atoms with van der Waals surface area (Å²) in [6.45, 7) is 3.67. The van der Waals surface area contributed by atoms with Gasteiger partial charge in [-0.2, -0.15) is 0 Å². The lowest BCUT2D eigenvalue weighted by molar-refractivity contribution is -0.122. The highest BCUT2D eigenvalue weighted by atomic mass is 16.5. The summed E-state index contributed by atoms with van der Waals surface area (Å²) in [5.74, 6) is -0.257. The number of ketones is 1. The van der Waals surface area contributed by atoms with Crippen LogP contribution in [0.5, 0.6) is 5.75 Å². The van der Waals surface area contributed by atoms with E-state index < -0.39 is 6.10 Å². The first kappa shape index (κ1) is 19.4. The summed E-state index contributed by atoms with van der Waals surface area (Å²) in [5.41, 5.74) is 2.19.